The molecule has 7 nitrogen and oxygen atoms in total. The van der Waals surface area contributed by atoms with Gasteiger partial charge in [-0.05, 0) is 63.7 Å². The molecule has 0 spiro atoms. The smallest absolute Gasteiger partial charge is 0.225 e. The summed E-state index contributed by atoms with van der Waals surface area (Å²) < 4.78 is 16.4. The van der Waals surface area contributed by atoms with Crippen LogP contribution in [0, 0.1) is 0 Å². The summed E-state index contributed by atoms with van der Waals surface area (Å²) in [6.45, 7) is 0. The Balaban J connectivity index is 1.72. The summed E-state index contributed by atoms with van der Waals surface area (Å²) in [5.41, 5.74) is 2.98. The molecule has 2 aromatic carbocycles. The first-order valence-corrected chi connectivity index (χ1v) is 11.0. The number of rotatable bonds is 5. The minimum Gasteiger partial charge on any atom is -0.503 e. The van der Waals surface area contributed by atoms with Gasteiger partial charge in [0.05, 0.1) is 25.8 Å². The Bertz CT molecular complexity index is 1130. The van der Waals surface area contributed by atoms with Crippen molar-refractivity contribution in [2.45, 2.75) is 31.1 Å². The van der Waals surface area contributed by atoms with Crippen LogP contribution in [-0.4, -0.2) is 38.1 Å². The minimum atomic E-state index is -0.400. The van der Waals surface area contributed by atoms with E-state index in [1.807, 2.05) is 18.2 Å². The van der Waals surface area contributed by atoms with E-state index < -0.39 is 5.92 Å². The van der Waals surface area contributed by atoms with E-state index in [-0.39, 0.29) is 35.5 Å². The van der Waals surface area contributed by atoms with Crippen molar-refractivity contribution in [3.05, 3.63) is 57.2 Å². The molecule has 1 heterocycles. The van der Waals surface area contributed by atoms with Gasteiger partial charge in [0.25, 0.3) is 0 Å². The predicted molar refractivity (Wildman–Crippen MR) is 121 cm³/mol. The Morgan fingerprint density at radius 2 is 1.59 bits per heavy atom. The van der Waals surface area contributed by atoms with Gasteiger partial charge < -0.3 is 24.6 Å². The molecule has 2 N–H and O–H groups in total. The normalized spacial score (nSPS) is 20.5. The van der Waals surface area contributed by atoms with E-state index in [1.165, 1.54) is 7.11 Å². The molecule has 0 bridgehead atoms. The summed E-state index contributed by atoms with van der Waals surface area (Å²) >= 11 is 3.33. The zero-order valence-electron chi connectivity index (χ0n) is 18.0. The number of benzene rings is 2. The number of hydrogen-bond donors (Lipinski definition) is 2. The SMILES string of the molecule is COc1ccc(C2CC(=O)C3=C(C2)NC(=O)CC3c2cc(Br)c(O)c(OC)c2)cc1OC. The average Bonchev–Trinajstić information content (AvgIpc) is 2.79. The van der Waals surface area contributed by atoms with Gasteiger partial charge in [-0.2, -0.15) is 0 Å². The minimum absolute atomic E-state index is 0.000742. The Labute approximate surface area is 194 Å². The second kappa shape index (κ2) is 8.86. The fourth-order valence-corrected chi connectivity index (χ4v) is 5.00. The molecule has 1 aliphatic heterocycles. The summed E-state index contributed by atoms with van der Waals surface area (Å²) in [5.74, 6) is 0.865. The molecule has 0 saturated carbocycles. The van der Waals surface area contributed by atoms with Crippen molar-refractivity contribution in [1.82, 2.24) is 5.32 Å². The topological polar surface area (TPSA) is 94.1 Å². The lowest BCUT2D eigenvalue weighted by Crippen LogP contribution is -2.38. The van der Waals surface area contributed by atoms with E-state index in [0.717, 1.165) is 11.1 Å². The molecule has 0 fully saturated rings. The number of hydrogen-bond acceptors (Lipinski definition) is 6. The van der Waals surface area contributed by atoms with E-state index in [2.05, 4.69) is 21.2 Å². The Kier molecular flexibility index (Phi) is 6.15. The Morgan fingerprint density at radius 3 is 2.28 bits per heavy atom. The van der Waals surface area contributed by atoms with E-state index in [0.29, 0.717) is 40.1 Å². The number of allylic oxidation sites excluding steroid dienone is 2. The monoisotopic (exact) mass is 501 g/mol. The lowest BCUT2D eigenvalue weighted by molar-refractivity contribution is -0.122. The third-order valence-corrected chi connectivity index (χ3v) is 6.69. The van der Waals surface area contributed by atoms with Crippen molar-refractivity contribution in [2.24, 2.45) is 0 Å². The molecule has 32 heavy (non-hydrogen) atoms. The van der Waals surface area contributed by atoms with Crippen molar-refractivity contribution < 1.29 is 28.9 Å². The van der Waals surface area contributed by atoms with Crippen LogP contribution in [0.2, 0.25) is 0 Å². The number of ether oxygens (including phenoxy) is 3. The number of aromatic hydroxyl groups is 1. The van der Waals surface area contributed by atoms with Gasteiger partial charge in [0.15, 0.2) is 28.8 Å². The second-order valence-electron chi connectivity index (χ2n) is 7.89. The number of phenols is 1. The molecule has 8 heteroatoms. The molecule has 0 aromatic heterocycles. The molecule has 4 rings (SSSR count). The van der Waals surface area contributed by atoms with Crippen molar-refractivity contribution in [3.8, 4) is 23.0 Å². The highest BCUT2D eigenvalue weighted by Gasteiger charge is 2.38. The molecule has 168 valence electrons. The molecule has 2 unspecified atom stereocenters. The number of carbonyl (C=O) groups is 2. The lowest BCUT2D eigenvalue weighted by atomic mass is 9.73. The van der Waals surface area contributed by atoms with Gasteiger partial charge in [-0.1, -0.05) is 6.07 Å². The first kappa shape index (κ1) is 22.2. The van der Waals surface area contributed by atoms with Gasteiger partial charge in [0, 0.05) is 30.0 Å². The highest BCUT2D eigenvalue weighted by molar-refractivity contribution is 9.10. The second-order valence-corrected chi connectivity index (χ2v) is 8.75. The largest absolute Gasteiger partial charge is 0.503 e. The van der Waals surface area contributed by atoms with Crippen molar-refractivity contribution in [3.63, 3.8) is 0 Å². The molecule has 0 saturated heterocycles. The van der Waals surface area contributed by atoms with Gasteiger partial charge in [-0.15, -0.1) is 0 Å². The van der Waals surface area contributed by atoms with Crippen LogP contribution in [0.15, 0.2) is 46.1 Å². The number of nitrogens with one attached hydrogen (secondary N) is 1. The molecule has 2 aliphatic rings. The van der Waals surface area contributed by atoms with E-state index >= 15 is 0 Å². The molecule has 1 aliphatic carbocycles. The third-order valence-electron chi connectivity index (χ3n) is 6.09. The first-order valence-electron chi connectivity index (χ1n) is 10.2. The maximum absolute atomic E-state index is 13.3. The molecule has 2 aromatic rings. The fraction of sp³-hybridized carbons (Fsp3) is 0.333. The molecular formula is C24H24BrNO6. The molecule has 2 atom stereocenters. The maximum Gasteiger partial charge on any atom is 0.225 e. The van der Waals surface area contributed by atoms with Crippen LogP contribution in [0.5, 0.6) is 23.0 Å². The fourth-order valence-electron chi connectivity index (χ4n) is 4.54. The molecular weight excluding hydrogens is 478 g/mol. The summed E-state index contributed by atoms with van der Waals surface area (Å²) in [6.07, 6.45) is 1.03. The van der Waals surface area contributed by atoms with Crippen LogP contribution in [0.4, 0.5) is 0 Å². The number of ketones is 1. The number of amides is 1. The highest BCUT2D eigenvalue weighted by Crippen LogP contribution is 2.46. The highest BCUT2D eigenvalue weighted by atomic mass is 79.9. The Morgan fingerprint density at radius 1 is 0.906 bits per heavy atom. The first-order chi connectivity index (χ1) is 15.4. The number of Topliss-reactive ketones (excluding diaryl/α,β-unsaturated/α-hetero) is 1. The predicted octanol–water partition coefficient (Wildman–Crippen LogP) is 4.18. The number of halogens is 1. The maximum atomic E-state index is 13.3. The average molecular weight is 502 g/mol. The molecule has 1 amide bonds. The lowest BCUT2D eigenvalue weighted by Gasteiger charge is -2.34. The number of carbonyl (C=O) groups excluding carboxylic acids is 2. The van der Waals surface area contributed by atoms with Crippen molar-refractivity contribution >= 4 is 27.6 Å². The van der Waals surface area contributed by atoms with Crippen LogP contribution >= 0.6 is 15.9 Å². The summed E-state index contributed by atoms with van der Waals surface area (Å²) in [6, 6.07) is 9.05. The van der Waals surface area contributed by atoms with E-state index in [9.17, 15) is 14.7 Å². The van der Waals surface area contributed by atoms with Crippen LogP contribution < -0.4 is 19.5 Å². The molecule has 0 radical (unpaired) electrons. The van der Waals surface area contributed by atoms with Gasteiger partial charge >= 0.3 is 0 Å². The van der Waals surface area contributed by atoms with Gasteiger partial charge in [-0.25, -0.2) is 0 Å². The number of methoxy groups -OCH3 is 3. The third kappa shape index (κ3) is 3.95. The van der Waals surface area contributed by atoms with Gasteiger partial charge in [-0.3, -0.25) is 9.59 Å². The summed E-state index contributed by atoms with van der Waals surface area (Å²) in [7, 11) is 4.61. The number of phenolic OH excluding ortho intramolecular Hbond substituents is 1. The van der Waals surface area contributed by atoms with Gasteiger partial charge in [0.2, 0.25) is 5.91 Å². The van der Waals surface area contributed by atoms with Gasteiger partial charge in [0.1, 0.15) is 0 Å². The van der Waals surface area contributed by atoms with Crippen LogP contribution in [0.1, 0.15) is 42.2 Å². The van der Waals surface area contributed by atoms with Crippen LogP contribution in [-0.2, 0) is 9.59 Å². The Hall–Kier alpha value is -3.00. The van der Waals surface area contributed by atoms with Crippen molar-refractivity contribution in [2.75, 3.05) is 21.3 Å². The summed E-state index contributed by atoms with van der Waals surface area (Å²) in [5, 5.41) is 13.1. The van der Waals surface area contributed by atoms with Crippen LogP contribution in [0.3, 0.4) is 0 Å². The quantitative estimate of drug-likeness (QED) is 0.637. The van der Waals surface area contributed by atoms with Crippen LogP contribution in [0.25, 0.3) is 0 Å². The van der Waals surface area contributed by atoms with Crippen molar-refractivity contribution in [1.29, 1.82) is 0 Å². The zero-order valence-corrected chi connectivity index (χ0v) is 19.6. The summed E-state index contributed by atoms with van der Waals surface area (Å²) in [4.78, 5) is 25.9. The van der Waals surface area contributed by atoms with E-state index in [1.54, 1.807) is 26.4 Å². The zero-order chi connectivity index (χ0) is 23.0. The standard InChI is InChI=1S/C24H24BrNO6/c1-30-19-5-4-12(9-20(19)31-2)13-7-17-23(18(27)8-13)15(11-22(28)26-17)14-6-16(25)24(29)21(10-14)32-3/h4-6,9-10,13,15,29H,7-8,11H2,1-3H3,(H,26,28). The van der Waals surface area contributed by atoms with E-state index in [4.69, 9.17) is 14.2 Å².